The predicted octanol–water partition coefficient (Wildman–Crippen LogP) is 2.34. The topological polar surface area (TPSA) is 37.3 Å². The lowest BCUT2D eigenvalue weighted by molar-refractivity contribution is -0.114. The Kier molecular flexibility index (Phi) is 3.09. The van der Waals surface area contributed by atoms with Gasteiger partial charge in [-0.3, -0.25) is 4.79 Å². The summed E-state index contributed by atoms with van der Waals surface area (Å²) in [6, 6.07) is 4.69. The van der Waals surface area contributed by atoms with Gasteiger partial charge in [0.05, 0.1) is 5.02 Å². The summed E-state index contributed by atoms with van der Waals surface area (Å²) in [4.78, 5) is 11.0. The van der Waals surface area contributed by atoms with Crippen LogP contribution < -0.4 is 0 Å². The standard InChI is InChI=1S/C10H9ClO2/c1-2-8(12)5-7-3-4-10(13)9(11)6-7/h2-4,6,13H,1,5H2. The quantitative estimate of drug-likeness (QED) is 0.754. The first-order valence-corrected chi connectivity index (χ1v) is 4.14. The number of phenolic OH excluding ortho intramolecular Hbond substituents is 1. The number of hydrogen-bond acceptors (Lipinski definition) is 2. The minimum absolute atomic E-state index is 0.0245. The third-order valence-electron chi connectivity index (χ3n) is 1.62. The molecule has 13 heavy (non-hydrogen) atoms. The molecule has 0 aromatic heterocycles. The van der Waals surface area contributed by atoms with Crippen LogP contribution in [0.2, 0.25) is 5.02 Å². The van der Waals surface area contributed by atoms with Crippen LogP contribution in [0, 0.1) is 0 Å². The highest BCUT2D eigenvalue weighted by Gasteiger charge is 2.02. The highest BCUT2D eigenvalue weighted by Crippen LogP contribution is 2.23. The summed E-state index contributed by atoms with van der Waals surface area (Å²) in [5.74, 6) is -0.0433. The Labute approximate surface area is 81.5 Å². The van der Waals surface area contributed by atoms with Gasteiger partial charge in [-0.1, -0.05) is 24.2 Å². The van der Waals surface area contributed by atoms with Crippen molar-refractivity contribution in [3.63, 3.8) is 0 Å². The molecular weight excluding hydrogens is 188 g/mol. The molecule has 2 nitrogen and oxygen atoms in total. The van der Waals surface area contributed by atoms with Gasteiger partial charge in [0.2, 0.25) is 0 Å². The molecule has 0 saturated heterocycles. The van der Waals surface area contributed by atoms with E-state index in [9.17, 15) is 4.79 Å². The summed E-state index contributed by atoms with van der Waals surface area (Å²) >= 11 is 5.65. The highest BCUT2D eigenvalue weighted by atomic mass is 35.5. The highest BCUT2D eigenvalue weighted by molar-refractivity contribution is 6.32. The number of halogens is 1. The zero-order valence-electron chi connectivity index (χ0n) is 6.96. The average Bonchev–Trinajstić information content (AvgIpc) is 2.11. The van der Waals surface area contributed by atoms with Crippen molar-refractivity contribution >= 4 is 17.4 Å². The van der Waals surface area contributed by atoms with E-state index in [1.807, 2.05) is 0 Å². The number of rotatable bonds is 3. The smallest absolute Gasteiger partial charge is 0.159 e. The molecule has 0 fully saturated rings. The average molecular weight is 197 g/mol. The SMILES string of the molecule is C=CC(=O)Cc1ccc(O)c(Cl)c1. The lowest BCUT2D eigenvalue weighted by Crippen LogP contribution is -1.97. The number of allylic oxidation sites excluding steroid dienone is 1. The largest absolute Gasteiger partial charge is 0.506 e. The monoisotopic (exact) mass is 196 g/mol. The molecule has 0 radical (unpaired) electrons. The number of carbonyl (C=O) groups excluding carboxylic acids is 1. The third-order valence-corrected chi connectivity index (χ3v) is 1.92. The molecule has 0 spiro atoms. The van der Waals surface area contributed by atoms with Gasteiger partial charge in [0.15, 0.2) is 5.78 Å². The van der Waals surface area contributed by atoms with Crippen LogP contribution in [0.4, 0.5) is 0 Å². The van der Waals surface area contributed by atoms with Crippen LogP contribution in [0.25, 0.3) is 0 Å². The van der Waals surface area contributed by atoms with Crippen molar-refractivity contribution in [1.82, 2.24) is 0 Å². The Morgan fingerprint density at radius 3 is 2.85 bits per heavy atom. The molecule has 0 atom stereocenters. The number of carbonyl (C=O) groups is 1. The van der Waals surface area contributed by atoms with Gasteiger partial charge in [-0.15, -0.1) is 0 Å². The summed E-state index contributed by atoms with van der Waals surface area (Å²) in [5, 5.41) is 9.36. The van der Waals surface area contributed by atoms with Gasteiger partial charge < -0.3 is 5.11 Å². The second-order valence-corrected chi connectivity index (χ2v) is 3.04. The van der Waals surface area contributed by atoms with Crippen molar-refractivity contribution in [1.29, 1.82) is 0 Å². The predicted molar refractivity (Wildman–Crippen MR) is 52.0 cm³/mol. The minimum atomic E-state index is -0.0678. The molecule has 0 aliphatic rings. The minimum Gasteiger partial charge on any atom is -0.506 e. The van der Waals surface area contributed by atoms with E-state index in [2.05, 4.69) is 6.58 Å². The first kappa shape index (κ1) is 9.81. The number of benzene rings is 1. The second-order valence-electron chi connectivity index (χ2n) is 2.63. The van der Waals surface area contributed by atoms with Gasteiger partial charge in [0.1, 0.15) is 5.75 Å². The molecule has 0 bridgehead atoms. The molecule has 0 saturated carbocycles. The van der Waals surface area contributed by atoms with Crippen LogP contribution in [0.3, 0.4) is 0 Å². The van der Waals surface area contributed by atoms with Crippen molar-refractivity contribution in [2.75, 3.05) is 0 Å². The van der Waals surface area contributed by atoms with Gasteiger partial charge in [0, 0.05) is 6.42 Å². The molecule has 1 aromatic carbocycles. The van der Waals surface area contributed by atoms with Crippen LogP contribution in [-0.2, 0) is 11.2 Å². The fourth-order valence-corrected chi connectivity index (χ4v) is 1.14. The third kappa shape index (κ3) is 2.60. The fourth-order valence-electron chi connectivity index (χ4n) is 0.934. The first-order valence-electron chi connectivity index (χ1n) is 3.76. The molecule has 1 rings (SSSR count). The molecule has 68 valence electrons. The molecule has 1 aromatic rings. The van der Waals surface area contributed by atoms with Gasteiger partial charge in [-0.05, 0) is 23.8 Å². The van der Waals surface area contributed by atoms with Crippen LogP contribution in [0.1, 0.15) is 5.56 Å². The van der Waals surface area contributed by atoms with E-state index in [0.29, 0.717) is 0 Å². The lowest BCUT2D eigenvalue weighted by Gasteiger charge is -2.00. The van der Waals surface area contributed by atoms with Crippen molar-refractivity contribution in [2.45, 2.75) is 6.42 Å². The molecule has 0 aliphatic carbocycles. The Morgan fingerprint density at radius 1 is 1.62 bits per heavy atom. The van der Waals surface area contributed by atoms with E-state index in [4.69, 9.17) is 16.7 Å². The van der Waals surface area contributed by atoms with E-state index in [1.165, 1.54) is 12.1 Å². The Morgan fingerprint density at radius 2 is 2.31 bits per heavy atom. The summed E-state index contributed by atoms with van der Waals surface area (Å²) in [6.07, 6.45) is 1.53. The molecule has 0 unspecified atom stereocenters. The van der Waals surface area contributed by atoms with Crippen LogP contribution in [0.5, 0.6) is 5.75 Å². The van der Waals surface area contributed by atoms with Gasteiger partial charge in [0.25, 0.3) is 0 Å². The zero-order chi connectivity index (χ0) is 9.84. The maximum absolute atomic E-state index is 11.0. The maximum Gasteiger partial charge on any atom is 0.159 e. The van der Waals surface area contributed by atoms with Crippen molar-refractivity contribution in [3.05, 3.63) is 41.4 Å². The molecule has 0 amide bonds. The first-order chi connectivity index (χ1) is 6.13. The molecule has 1 N–H and O–H groups in total. The number of ketones is 1. The molecule has 0 heterocycles. The normalized spacial score (nSPS) is 9.62. The van der Waals surface area contributed by atoms with Gasteiger partial charge in [-0.25, -0.2) is 0 Å². The van der Waals surface area contributed by atoms with Gasteiger partial charge in [-0.2, -0.15) is 0 Å². The fraction of sp³-hybridized carbons (Fsp3) is 0.100. The summed E-state index contributed by atoms with van der Waals surface area (Å²) in [7, 11) is 0. The Hall–Kier alpha value is -1.28. The van der Waals surface area contributed by atoms with E-state index in [-0.39, 0.29) is 23.0 Å². The van der Waals surface area contributed by atoms with Crippen molar-refractivity contribution in [3.8, 4) is 5.75 Å². The zero-order valence-corrected chi connectivity index (χ0v) is 7.71. The molecule has 3 heteroatoms. The van der Waals surface area contributed by atoms with Crippen molar-refractivity contribution in [2.24, 2.45) is 0 Å². The molecule has 0 aliphatic heterocycles. The van der Waals surface area contributed by atoms with Crippen LogP contribution >= 0.6 is 11.6 Å². The van der Waals surface area contributed by atoms with E-state index in [0.717, 1.165) is 5.56 Å². The maximum atomic E-state index is 11.0. The van der Waals surface area contributed by atoms with Crippen LogP contribution in [-0.4, -0.2) is 10.9 Å². The number of phenols is 1. The second kappa shape index (κ2) is 4.10. The summed E-state index contributed by atoms with van der Waals surface area (Å²) in [6.45, 7) is 3.36. The van der Waals surface area contributed by atoms with E-state index in [1.54, 1.807) is 12.1 Å². The van der Waals surface area contributed by atoms with Crippen molar-refractivity contribution < 1.29 is 9.90 Å². The van der Waals surface area contributed by atoms with Gasteiger partial charge >= 0.3 is 0 Å². The number of hydrogen-bond donors (Lipinski definition) is 1. The summed E-state index contributed by atoms with van der Waals surface area (Å²) < 4.78 is 0. The Balaban J connectivity index is 2.85. The molecular formula is C10H9ClO2. The number of aromatic hydroxyl groups is 1. The Bertz CT molecular complexity index is 345. The van der Waals surface area contributed by atoms with E-state index < -0.39 is 0 Å². The summed E-state index contributed by atoms with van der Waals surface area (Å²) in [5.41, 5.74) is 0.771. The van der Waals surface area contributed by atoms with E-state index >= 15 is 0 Å². The lowest BCUT2D eigenvalue weighted by atomic mass is 10.1. The van der Waals surface area contributed by atoms with Crippen LogP contribution in [0.15, 0.2) is 30.9 Å².